The number of carbonyl (C=O) groups is 1. The third kappa shape index (κ3) is 4.57. The van der Waals surface area contributed by atoms with Crippen LogP contribution in [0.3, 0.4) is 0 Å². The van der Waals surface area contributed by atoms with Gasteiger partial charge in [-0.1, -0.05) is 26.0 Å². The number of hydrogen-bond acceptors (Lipinski definition) is 7. The Hall–Kier alpha value is -3.33. The van der Waals surface area contributed by atoms with Crippen molar-refractivity contribution in [2.45, 2.75) is 52.6 Å². The van der Waals surface area contributed by atoms with E-state index in [9.17, 15) is 18.0 Å². The molecule has 1 fully saturated rings. The van der Waals surface area contributed by atoms with Gasteiger partial charge < -0.3 is 18.8 Å². The molecule has 0 saturated carbocycles. The first-order valence-electron chi connectivity index (χ1n) is 12.9. The Balaban J connectivity index is 1.67. The number of nitrogens with zero attached hydrogens (tertiary/aromatic N) is 1. The van der Waals surface area contributed by atoms with Crippen molar-refractivity contribution >= 4 is 26.7 Å². The average Bonchev–Trinajstić information content (AvgIpc) is 3.36. The number of carbonyl (C=O) groups excluding carboxylic acids is 1. The minimum Gasteiger partial charge on any atom is -0.493 e. The second kappa shape index (κ2) is 9.76. The Morgan fingerprint density at radius 2 is 1.87 bits per heavy atom. The van der Waals surface area contributed by atoms with Crippen molar-refractivity contribution in [1.29, 1.82) is 0 Å². The summed E-state index contributed by atoms with van der Waals surface area (Å²) in [6.45, 7) is 8.51. The number of rotatable bonds is 7. The molecule has 1 amide bonds. The van der Waals surface area contributed by atoms with Crippen molar-refractivity contribution in [1.82, 2.24) is 4.90 Å². The maximum absolute atomic E-state index is 14.0. The predicted molar refractivity (Wildman–Crippen MR) is 145 cm³/mol. The van der Waals surface area contributed by atoms with Crippen LogP contribution in [0.25, 0.3) is 11.0 Å². The fourth-order valence-electron chi connectivity index (χ4n) is 5.52. The summed E-state index contributed by atoms with van der Waals surface area (Å²) in [5, 5.41) is 0.403. The van der Waals surface area contributed by atoms with Crippen molar-refractivity contribution < 1.29 is 27.1 Å². The smallest absolute Gasteiger partial charge is 0.291 e. The zero-order chi connectivity index (χ0) is 27.4. The van der Waals surface area contributed by atoms with Gasteiger partial charge in [0.15, 0.2) is 26.8 Å². The summed E-state index contributed by atoms with van der Waals surface area (Å²) < 4.78 is 42.5. The summed E-state index contributed by atoms with van der Waals surface area (Å²) in [4.78, 5) is 29.3. The van der Waals surface area contributed by atoms with Crippen LogP contribution >= 0.6 is 0 Å². The van der Waals surface area contributed by atoms with E-state index in [4.69, 9.17) is 13.9 Å². The van der Waals surface area contributed by atoms with Crippen molar-refractivity contribution in [3.05, 3.63) is 68.6 Å². The number of benzene rings is 2. The fourth-order valence-corrected chi connectivity index (χ4v) is 7.23. The number of fused-ring (bicyclic) bond motifs is 2. The van der Waals surface area contributed by atoms with Crippen molar-refractivity contribution in [3.63, 3.8) is 0 Å². The van der Waals surface area contributed by atoms with E-state index in [1.165, 1.54) is 12.0 Å². The highest BCUT2D eigenvalue weighted by Crippen LogP contribution is 2.43. The maximum atomic E-state index is 14.0. The monoisotopic (exact) mass is 539 g/mol. The molecule has 3 aromatic rings. The summed E-state index contributed by atoms with van der Waals surface area (Å²) in [6, 6.07) is 7.64. The summed E-state index contributed by atoms with van der Waals surface area (Å²) in [7, 11) is -1.76. The quantitative estimate of drug-likeness (QED) is 0.433. The average molecular weight is 540 g/mol. The zero-order valence-corrected chi connectivity index (χ0v) is 23.2. The molecule has 0 bridgehead atoms. The van der Waals surface area contributed by atoms with Crippen LogP contribution in [0, 0.1) is 19.8 Å². The van der Waals surface area contributed by atoms with Gasteiger partial charge in [0.05, 0.1) is 42.2 Å². The predicted octanol–water partition coefficient (Wildman–Crippen LogP) is 4.58. The van der Waals surface area contributed by atoms with Gasteiger partial charge in [-0.05, 0) is 67.5 Å². The van der Waals surface area contributed by atoms with Crippen LogP contribution in [0.4, 0.5) is 0 Å². The molecule has 2 unspecified atom stereocenters. The summed E-state index contributed by atoms with van der Waals surface area (Å²) in [5.74, 6) is 0.873. The molecule has 0 aliphatic carbocycles. The second-order valence-electron chi connectivity index (χ2n) is 10.7. The minimum atomic E-state index is -3.29. The Kier molecular flexibility index (Phi) is 6.75. The first kappa shape index (κ1) is 26.3. The highest BCUT2D eigenvalue weighted by Gasteiger charge is 2.48. The molecule has 9 heteroatoms. The van der Waals surface area contributed by atoms with Gasteiger partial charge in [0.2, 0.25) is 5.76 Å². The van der Waals surface area contributed by atoms with E-state index >= 15 is 0 Å². The van der Waals surface area contributed by atoms with Gasteiger partial charge in [-0.15, -0.1) is 0 Å². The number of sulfone groups is 1. The molecule has 8 nitrogen and oxygen atoms in total. The summed E-state index contributed by atoms with van der Waals surface area (Å²) >= 11 is 0. The summed E-state index contributed by atoms with van der Waals surface area (Å²) in [5.41, 5.74) is 2.62. The van der Waals surface area contributed by atoms with Gasteiger partial charge in [-0.2, -0.15) is 0 Å². The molecule has 3 heterocycles. The first-order chi connectivity index (χ1) is 18.0. The lowest BCUT2D eigenvalue weighted by atomic mass is 9.96. The molecular weight excluding hydrogens is 506 g/mol. The van der Waals surface area contributed by atoms with E-state index in [0.717, 1.165) is 17.5 Å². The topological polar surface area (TPSA) is 103 Å². The zero-order valence-electron chi connectivity index (χ0n) is 22.4. The van der Waals surface area contributed by atoms with Gasteiger partial charge in [0, 0.05) is 6.04 Å². The SMILES string of the molecule is COc1cc(C2c3c(oc4c(C)cc(C)cc4c3=O)C(=O)N2C2CCS(=O)(=O)C2)ccc1OCCC(C)C. The molecule has 1 aromatic heterocycles. The Morgan fingerprint density at radius 3 is 2.53 bits per heavy atom. The highest BCUT2D eigenvalue weighted by molar-refractivity contribution is 7.91. The molecule has 0 N–H and O–H groups in total. The molecule has 5 rings (SSSR count). The molecule has 2 aromatic carbocycles. The lowest BCUT2D eigenvalue weighted by Gasteiger charge is -2.30. The van der Waals surface area contributed by atoms with E-state index in [1.807, 2.05) is 26.0 Å². The lowest BCUT2D eigenvalue weighted by molar-refractivity contribution is 0.0662. The minimum absolute atomic E-state index is 0.00187. The van der Waals surface area contributed by atoms with Crippen molar-refractivity contribution in [2.75, 3.05) is 25.2 Å². The van der Waals surface area contributed by atoms with Gasteiger partial charge in [0.25, 0.3) is 5.91 Å². The van der Waals surface area contributed by atoms with E-state index in [1.54, 1.807) is 18.2 Å². The van der Waals surface area contributed by atoms with E-state index < -0.39 is 27.8 Å². The van der Waals surface area contributed by atoms with Gasteiger partial charge in [-0.3, -0.25) is 9.59 Å². The normalized spacial score (nSPS) is 20.4. The number of ether oxygens (including phenoxy) is 2. The Labute approximate surface area is 222 Å². The van der Waals surface area contributed by atoms with Crippen LogP contribution in [-0.4, -0.2) is 50.5 Å². The Morgan fingerprint density at radius 1 is 1.11 bits per heavy atom. The van der Waals surface area contributed by atoms with Crippen LogP contribution in [-0.2, 0) is 9.84 Å². The van der Waals surface area contributed by atoms with Crippen LogP contribution in [0.15, 0.2) is 39.5 Å². The van der Waals surface area contributed by atoms with E-state index in [2.05, 4.69) is 13.8 Å². The van der Waals surface area contributed by atoms with Gasteiger partial charge >= 0.3 is 0 Å². The standard InChI is InChI=1S/C29H33NO7S/c1-16(2)8-10-36-22-7-6-19(14-23(22)35-5)25-24-26(31)21-13-17(3)12-18(4)27(21)37-28(24)29(32)30(25)20-9-11-38(33,34)15-20/h6-7,12-14,16,20,25H,8-11,15H2,1-5H3. The third-order valence-electron chi connectivity index (χ3n) is 7.40. The molecule has 2 atom stereocenters. The van der Waals surface area contributed by atoms with E-state index in [-0.39, 0.29) is 28.3 Å². The van der Waals surface area contributed by atoms with Gasteiger partial charge in [-0.25, -0.2) is 8.42 Å². The van der Waals surface area contributed by atoms with Crippen molar-refractivity contribution in [3.8, 4) is 11.5 Å². The molecule has 202 valence electrons. The maximum Gasteiger partial charge on any atom is 0.291 e. The molecule has 2 aliphatic heterocycles. The van der Waals surface area contributed by atoms with Crippen LogP contribution in [0.1, 0.15) is 65.5 Å². The van der Waals surface area contributed by atoms with Crippen LogP contribution in [0.5, 0.6) is 11.5 Å². The molecule has 1 saturated heterocycles. The first-order valence-corrected chi connectivity index (χ1v) is 14.7. The molecule has 38 heavy (non-hydrogen) atoms. The Bertz CT molecular complexity index is 1590. The third-order valence-corrected chi connectivity index (χ3v) is 9.15. The molecule has 0 spiro atoms. The van der Waals surface area contributed by atoms with Gasteiger partial charge in [0.1, 0.15) is 5.58 Å². The molecular formula is C29H33NO7S. The molecule has 2 aliphatic rings. The number of aryl methyl sites for hydroxylation is 2. The highest BCUT2D eigenvalue weighted by atomic mass is 32.2. The summed E-state index contributed by atoms with van der Waals surface area (Å²) in [6.07, 6.45) is 1.18. The molecule has 0 radical (unpaired) electrons. The van der Waals surface area contributed by atoms with E-state index in [0.29, 0.717) is 47.0 Å². The number of amides is 1. The van der Waals surface area contributed by atoms with Crippen molar-refractivity contribution in [2.24, 2.45) is 5.92 Å². The number of hydrogen-bond donors (Lipinski definition) is 0. The number of methoxy groups -OCH3 is 1. The lowest BCUT2D eigenvalue weighted by Crippen LogP contribution is -2.40. The van der Waals surface area contributed by atoms with Crippen LogP contribution in [0.2, 0.25) is 0 Å². The fraction of sp³-hybridized carbons (Fsp3) is 0.448. The second-order valence-corrected chi connectivity index (χ2v) is 13.0. The largest absolute Gasteiger partial charge is 0.493 e. The van der Waals surface area contributed by atoms with Crippen LogP contribution < -0.4 is 14.9 Å².